The number of esters is 1. The van der Waals surface area contributed by atoms with Gasteiger partial charge in [-0.25, -0.2) is 0 Å². The molecular weight excluding hydrogens is 306 g/mol. The van der Waals surface area contributed by atoms with E-state index in [9.17, 15) is 9.90 Å². The van der Waals surface area contributed by atoms with Crippen molar-refractivity contribution in [3.05, 3.63) is 23.3 Å². The standard InChI is InChI=1S/C19H25NO4/c1-11-8-14(23-12(2)21)9-16-19(11)6-7-20(3)10-13-4-5-15(22)18(24-16)17(13)19/h4-5,11,14,16,22H,6-10H2,1-3H3/t11?,14-,16-,19+/m0/s1. The molecular formula is C19H25NO4. The number of carbonyl (C=O) groups excluding carboxylic acids is 1. The molecule has 4 atom stereocenters. The largest absolute Gasteiger partial charge is 0.504 e. The molecule has 0 bridgehead atoms. The van der Waals surface area contributed by atoms with Crippen LogP contribution in [0.1, 0.15) is 44.2 Å². The van der Waals surface area contributed by atoms with Crippen molar-refractivity contribution in [2.75, 3.05) is 13.6 Å². The van der Waals surface area contributed by atoms with E-state index in [2.05, 4.69) is 18.9 Å². The van der Waals surface area contributed by atoms with Crippen LogP contribution < -0.4 is 4.74 Å². The highest BCUT2D eigenvalue weighted by molar-refractivity contribution is 5.66. The lowest BCUT2D eigenvalue weighted by Gasteiger charge is -2.46. The minimum absolute atomic E-state index is 0.0425. The Balaban J connectivity index is 1.81. The Labute approximate surface area is 142 Å². The Morgan fingerprint density at radius 1 is 1.42 bits per heavy atom. The van der Waals surface area contributed by atoms with Crippen LogP contribution in [0, 0.1) is 5.92 Å². The van der Waals surface area contributed by atoms with Crippen LogP contribution in [0.2, 0.25) is 0 Å². The predicted molar refractivity (Wildman–Crippen MR) is 89.1 cm³/mol. The van der Waals surface area contributed by atoms with Crippen molar-refractivity contribution in [3.63, 3.8) is 0 Å². The number of nitrogens with zero attached hydrogens (tertiary/aromatic N) is 1. The van der Waals surface area contributed by atoms with E-state index in [1.165, 1.54) is 18.1 Å². The van der Waals surface area contributed by atoms with Crippen molar-refractivity contribution in [3.8, 4) is 11.5 Å². The Morgan fingerprint density at radius 3 is 2.96 bits per heavy atom. The second kappa shape index (κ2) is 5.38. The SMILES string of the molecule is CC(=O)O[C@H]1CC(C)[C@@]23CCN(C)Cc4ccc(O)c(c42)O[C@H]3C1. The summed E-state index contributed by atoms with van der Waals surface area (Å²) in [7, 11) is 2.14. The van der Waals surface area contributed by atoms with Crippen LogP contribution in [0.3, 0.4) is 0 Å². The van der Waals surface area contributed by atoms with Gasteiger partial charge in [-0.15, -0.1) is 0 Å². The van der Waals surface area contributed by atoms with E-state index in [4.69, 9.17) is 9.47 Å². The van der Waals surface area contributed by atoms with Gasteiger partial charge in [-0.05, 0) is 44.0 Å². The number of phenolic OH excluding ortho intramolecular Hbond substituents is 1. The first-order valence-electron chi connectivity index (χ1n) is 8.79. The van der Waals surface area contributed by atoms with E-state index < -0.39 is 0 Å². The van der Waals surface area contributed by atoms with E-state index in [0.717, 1.165) is 25.9 Å². The summed E-state index contributed by atoms with van der Waals surface area (Å²) in [5.41, 5.74) is 2.36. The highest BCUT2D eigenvalue weighted by Crippen LogP contribution is 2.59. The maximum atomic E-state index is 11.4. The monoisotopic (exact) mass is 331 g/mol. The zero-order valence-electron chi connectivity index (χ0n) is 14.5. The van der Waals surface area contributed by atoms with Gasteiger partial charge in [-0.2, -0.15) is 0 Å². The summed E-state index contributed by atoms with van der Waals surface area (Å²) in [6.07, 6.45) is 2.40. The Morgan fingerprint density at radius 2 is 2.21 bits per heavy atom. The van der Waals surface area contributed by atoms with Gasteiger partial charge in [0.05, 0.1) is 0 Å². The molecule has 1 spiro atoms. The molecule has 1 aliphatic carbocycles. The Kier molecular flexibility index (Phi) is 3.53. The topological polar surface area (TPSA) is 59.0 Å². The molecule has 0 aromatic heterocycles. The van der Waals surface area contributed by atoms with E-state index in [-0.39, 0.29) is 29.3 Å². The average Bonchev–Trinajstić information content (AvgIpc) is 2.76. The fraction of sp³-hybridized carbons (Fsp3) is 0.632. The van der Waals surface area contributed by atoms with E-state index in [0.29, 0.717) is 18.1 Å². The van der Waals surface area contributed by atoms with Crippen molar-refractivity contribution in [1.29, 1.82) is 0 Å². The van der Waals surface area contributed by atoms with Crippen LogP contribution in [0.5, 0.6) is 11.5 Å². The second-order valence-electron chi connectivity index (χ2n) is 7.69. The molecule has 2 heterocycles. The van der Waals surface area contributed by atoms with Crippen molar-refractivity contribution < 1.29 is 19.4 Å². The predicted octanol–water partition coefficient (Wildman–Crippen LogP) is 2.59. The molecule has 3 aliphatic rings. The molecule has 1 aromatic rings. The zero-order valence-corrected chi connectivity index (χ0v) is 14.5. The van der Waals surface area contributed by atoms with Gasteiger partial charge >= 0.3 is 5.97 Å². The lowest BCUT2D eigenvalue weighted by molar-refractivity contribution is -0.152. The number of hydrogen-bond acceptors (Lipinski definition) is 5. The maximum absolute atomic E-state index is 11.4. The smallest absolute Gasteiger partial charge is 0.302 e. The number of hydrogen-bond donors (Lipinski definition) is 1. The molecule has 5 nitrogen and oxygen atoms in total. The van der Waals surface area contributed by atoms with E-state index >= 15 is 0 Å². The van der Waals surface area contributed by atoms with Crippen LogP contribution in [0.4, 0.5) is 0 Å². The van der Waals surface area contributed by atoms with Gasteiger partial charge in [0.1, 0.15) is 12.2 Å². The molecule has 5 heteroatoms. The molecule has 0 saturated heterocycles. The van der Waals surface area contributed by atoms with Gasteiger partial charge in [-0.3, -0.25) is 4.79 Å². The number of ether oxygens (including phenoxy) is 2. The van der Waals surface area contributed by atoms with Crippen LogP contribution >= 0.6 is 0 Å². The summed E-state index contributed by atoms with van der Waals surface area (Å²) < 4.78 is 11.8. The molecule has 1 N–H and O–H groups in total. The third kappa shape index (κ3) is 2.14. The average molecular weight is 331 g/mol. The second-order valence-corrected chi connectivity index (χ2v) is 7.69. The van der Waals surface area contributed by atoms with E-state index in [1.807, 2.05) is 6.07 Å². The summed E-state index contributed by atoms with van der Waals surface area (Å²) in [6, 6.07) is 3.78. The first-order chi connectivity index (χ1) is 11.4. The van der Waals surface area contributed by atoms with Gasteiger partial charge in [0.25, 0.3) is 0 Å². The summed E-state index contributed by atoms with van der Waals surface area (Å²) in [4.78, 5) is 13.7. The van der Waals surface area contributed by atoms with Crippen molar-refractivity contribution in [2.45, 2.75) is 57.3 Å². The van der Waals surface area contributed by atoms with Crippen LogP contribution in [0.25, 0.3) is 0 Å². The quantitative estimate of drug-likeness (QED) is 0.802. The highest BCUT2D eigenvalue weighted by Gasteiger charge is 2.58. The van der Waals surface area contributed by atoms with E-state index in [1.54, 1.807) is 6.07 Å². The van der Waals surface area contributed by atoms with Crippen LogP contribution in [0.15, 0.2) is 12.1 Å². The fourth-order valence-electron chi connectivity index (χ4n) is 5.15. The van der Waals surface area contributed by atoms with Gasteiger partial charge in [0.2, 0.25) is 0 Å². The van der Waals surface area contributed by atoms with Gasteiger partial charge in [0.15, 0.2) is 11.5 Å². The first kappa shape index (κ1) is 15.8. The summed E-state index contributed by atoms with van der Waals surface area (Å²) >= 11 is 0. The molecule has 1 unspecified atom stereocenters. The number of phenols is 1. The molecule has 0 radical (unpaired) electrons. The maximum Gasteiger partial charge on any atom is 0.302 e. The normalized spacial score (nSPS) is 34.7. The molecule has 0 amide bonds. The lowest BCUT2D eigenvalue weighted by atomic mass is 9.59. The van der Waals surface area contributed by atoms with Crippen molar-refractivity contribution in [2.24, 2.45) is 5.92 Å². The fourth-order valence-corrected chi connectivity index (χ4v) is 5.15. The molecule has 4 rings (SSSR count). The van der Waals surface area contributed by atoms with Crippen molar-refractivity contribution >= 4 is 5.97 Å². The number of rotatable bonds is 1. The Hall–Kier alpha value is -1.75. The Bertz CT molecular complexity index is 688. The van der Waals surface area contributed by atoms with Gasteiger partial charge in [0, 0.05) is 30.9 Å². The minimum atomic E-state index is -0.234. The summed E-state index contributed by atoms with van der Waals surface area (Å²) in [6.45, 7) is 5.57. The highest BCUT2D eigenvalue weighted by atomic mass is 16.5. The summed E-state index contributed by atoms with van der Waals surface area (Å²) in [5.74, 6) is 0.975. The molecule has 1 fully saturated rings. The zero-order chi connectivity index (χ0) is 17.1. The molecule has 2 aliphatic heterocycles. The minimum Gasteiger partial charge on any atom is -0.504 e. The molecule has 1 saturated carbocycles. The van der Waals surface area contributed by atoms with Gasteiger partial charge < -0.3 is 19.5 Å². The third-order valence-corrected chi connectivity index (χ3v) is 6.18. The third-order valence-electron chi connectivity index (χ3n) is 6.18. The number of carbonyl (C=O) groups is 1. The number of aromatic hydroxyl groups is 1. The van der Waals surface area contributed by atoms with Crippen molar-refractivity contribution in [1.82, 2.24) is 4.90 Å². The lowest BCUT2D eigenvalue weighted by Crippen LogP contribution is -2.51. The van der Waals surface area contributed by atoms with Gasteiger partial charge in [-0.1, -0.05) is 13.0 Å². The number of benzene rings is 1. The first-order valence-corrected chi connectivity index (χ1v) is 8.79. The van der Waals surface area contributed by atoms with Crippen LogP contribution in [-0.2, 0) is 21.5 Å². The van der Waals surface area contributed by atoms with Crippen LogP contribution in [-0.4, -0.2) is 41.8 Å². The summed E-state index contributed by atoms with van der Waals surface area (Å²) in [5, 5.41) is 10.4. The molecule has 24 heavy (non-hydrogen) atoms. The molecule has 1 aromatic carbocycles. The molecule has 130 valence electrons.